The van der Waals surface area contributed by atoms with Crippen LogP contribution in [0.5, 0.6) is 0 Å². The van der Waals surface area contributed by atoms with Crippen LogP contribution < -0.4 is 0 Å². The molecule has 4 nitrogen and oxygen atoms in total. The summed E-state index contributed by atoms with van der Waals surface area (Å²) in [4.78, 5) is 15.7. The maximum absolute atomic E-state index is 11.7. The van der Waals surface area contributed by atoms with E-state index in [-0.39, 0.29) is 5.97 Å². The average molecular weight is 216 g/mol. The molecule has 4 heteroatoms. The van der Waals surface area contributed by atoms with Crippen LogP contribution in [0.25, 0.3) is 5.69 Å². The van der Waals surface area contributed by atoms with Gasteiger partial charge in [-0.3, -0.25) is 0 Å². The van der Waals surface area contributed by atoms with Gasteiger partial charge in [-0.1, -0.05) is 12.1 Å². The van der Waals surface area contributed by atoms with Crippen molar-refractivity contribution in [1.82, 2.24) is 9.55 Å². The lowest BCUT2D eigenvalue weighted by atomic mass is 10.2. The zero-order valence-corrected chi connectivity index (χ0v) is 8.96. The highest BCUT2D eigenvalue weighted by Gasteiger charge is 2.12. The average Bonchev–Trinajstić information content (AvgIpc) is 2.83. The highest BCUT2D eigenvalue weighted by Crippen LogP contribution is 2.14. The highest BCUT2D eigenvalue weighted by atomic mass is 16.5. The summed E-state index contributed by atoms with van der Waals surface area (Å²) in [6, 6.07) is 7.28. The molecule has 0 aliphatic rings. The molecule has 0 spiro atoms. The Kier molecular flexibility index (Phi) is 3.00. The van der Waals surface area contributed by atoms with Crippen LogP contribution in [0, 0.1) is 0 Å². The molecule has 0 aliphatic carbocycles. The van der Waals surface area contributed by atoms with E-state index in [1.165, 1.54) is 0 Å². The number of aromatic nitrogens is 2. The second-order valence-electron chi connectivity index (χ2n) is 3.21. The quantitative estimate of drug-likeness (QED) is 0.737. The molecule has 0 radical (unpaired) electrons. The second-order valence-corrected chi connectivity index (χ2v) is 3.21. The lowest BCUT2D eigenvalue weighted by Gasteiger charge is -2.08. The molecule has 2 rings (SSSR count). The largest absolute Gasteiger partial charge is 0.462 e. The predicted octanol–water partition coefficient (Wildman–Crippen LogP) is 2.05. The number of para-hydroxylation sites is 1. The molecule has 0 fully saturated rings. The van der Waals surface area contributed by atoms with Crippen LogP contribution in [0.1, 0.15) is 17.3 Å². The van der Waals surface area contributed by atoms with Gasteiger partial charge < -0.3 is 9.30 Å². The molecule has 16 heavy (non-hydrogen) atoms. The molecule has 1 aromatic carbocycles. The molecule has 82 valence electrons. The monoisotopic (exact) mass is 216 g/mol. The molecule has 0 atom stereocenters. The first-order valence-electron chi connectivity index (χ1n) is 5.07. The maximum Gasteiger partial charge on any atom is 0.340 e. The number of carbonyl (C=O) groups is 1. The molecule has 0 saturated heterocycles. The van der Waals surface area contributed by atoms with Crippen LogP contribution in [0.2, 0.25) is 0 Å². The van der Waals surface area contributed by atoms with E-state index in [1.807, 2.05) is 18.2 Å². The van der Waals surface area contributed by atoms with Crippen molar-refractivity contribution in [2.75, 3.05) is 6.61 Å². The fourth-order valence-corrected chi connectivity index (χ4v) is 1.48. The van der Waals surface area contributed by atoms with Crippen molar-refractivity contribution in [1.29, 1.82) is 0 Å². The van der Waals surface area contributed by atoms with E-state index in [0.29, 0.717) is 12.2 Å². The smallest absolute Gasteiger partial charge is 0.340 e. The summed E-state index contributed by atoms with van der Waals surface area (Å²) in [5.74, 6) is -0.313. The standard InChI is InChI=1S/C12H12N2O2/c1-2-16-12(15)10-5-3-4-6-11(10)14-8-7-13-9-14/h3-9H,2H2,1H3. The number of carbonyl (C=O) groups excluding carboxylic acids is 1. The topological polar surface area (TPSA) is 44.1 Å². The molecule has 0 N–H and O–H groups in total. The number of ether oxygens (including phenoxy) is 1. The Morgan fingerprint density at radius 1 is 1.44 bits per heavy atom. The fourth-order valence-electron chi connectivity index (χ4n) is 1.48. The Hall–Kier alpha value is -2.10. The Bertz CT molecular complexity index is 478. The summed E-state index contributed by atoms with van der Waals surface area (Å²) in [6.07, 6.45) is 5.11. The SMILES string of the molecule is CCOC(=O)c1ccccc1-n1ccnc1. The van der Waals surface area contributed by atoms with E-state index in [4.69, 9.17) is 4.74 Å². The predicted molar refractivity (Wildman–Crippen MR) is 59.5 cm³/mol. The lowest BCUT2D eigenvalue weighted by molar-refractivity contribution is 0.0526. The number of hydrogen-bond donors (Lipinski definition) is 0. The van der Waals surface area contributed by atoms with E-state index in [0.717, 1.165) is 5.69 Å². The molecular weight excluding hydrogens is 204 g/mol. The van der Waals surface area contributed by atoms with Gasteiger partial charge in [0.15, 0.2) is 0 Å². The number of hydrogen-bond acceptors (Lipinski definition) is 3. The van der Waals surface area contributed by atoms with Gasteiger partial charge in [0.2, 0.25) is 0 Å². The van der Waals surface area contributed by atoms with Gasteiger partial charge in [0, 0.05) is 12.4 Å². The minimum atomic E-state index is -0.313. The number of benzene rings is 1. The van der Waals surface area contributed by atoms with E-state index in [9.17, 15) is 4.79 Å². The van der Waals surface area contributed by atoms with Crippen molar-refractivity contribution in [2.24, 2.45) is 0 Å². The molecule has 1 heterocycles. The van der Waals surface area contributed by atoms with Gasteiger partial charge >= 0.3 is 5.97 Å². The lowest BCUT2D eigenvalue weighted by Crippen LogP contribution is -2.08. The Labute approximate surface area is 93.5 Å². The van der Waals surface area contributed by atoms with Crippen LogP contribution >= 0.6 is 0 Å². The molecule has 0 aliphatic heterocycles. The molecule has 1 aromatic heterocycles. The Morgan fingerprint density at radius 2 is 2.25 bits per heavy atom. The van der Waals surface area contributed by atoms with Crippen LogP contribution in [0.4, 0.5) is 0 Å². The number of esters is 1. The van der Waals surface area contributed by atoms with Gasteiger partial charge in [-0.25, -0.2) is 9.78 Å². The first-order valence-corrected chi connectivity index (χ1v) is 5.07. The van der Waals surface area contributed by atoms with Crippen LogP contribution in [-0.2, 0) is 4.74 Å². The summed E-state index contributed by atoms with van der Waals surface area (Å²) in [5, 5.41) is 0. The molecule has 2 aromatic rings. The van der Waals surface area contributed by atoms with Gasteiger partial charge in [0.25, 0.3) is 0 Å². The van der Waals surface area contributed by atoms with E-state index < -0.39 is 0 Å². The molecule has 0 amide bonds. The molecular formula is C12H12N2O2. The van der Waals surface area contributed by atoms with Gasteiger partial charge in [-0.05, 0) is 19.1 Å². The van der Waals surface area contributed by atoms with Gasteiger partial charge in [0.05, 0.1) is 24.2 Å². The molecule has 0 unspecified atom stereocenters. The van der Waals surface area contributed by atoms with Crippen LogP contribution in [0.15, 0.2) is 43.0 Å². The van der Waals surface area contributed by atoms with Gasteiger partial charge in [0.1, 0.15) is 0 Å². The van der Waals surface area contributed by atoms with Crippen molar-refractivity contribution in [3.05, 3.63) is 48.5 Å². The zero-order valence-electron chi connectivity index (χ0n) is 8.96. The molecule has 0 bridgehead atoms. The molecule has 0 saturated carbocycles. The third-order valence-electron chi connectivity index (χ3n) is 2.18. The third kappa shape index (κ3) is 1.95. The Morgan fingerprint density at radius 3 is 2.94 bits per heavy atom. The minimum Gasteiger partial charge on any atom is -0.462 e. The van der Waals surface area contributed by atoms with Crippen LogP contribution in [-0.4, -0.2) is 22.1 Å². The summed E-state index contributed by atoms with van der Waals surface area (Å²) < 4.78 is 6.78. The summed E-state index contributed by atoms with van der Waals surface area (Å²) in [5.41, 5.74) is 1.32. The Balaban J connectivity index is 2.42. The number of nitrogens with zero attached hydrogens (tertiary/aromatic N) is 2. The third-order valence-corrected chi connectivity index (χ3v) is 2.18. The van der Waals surface area contributed by atoms with Crippen molar-refractivity contribution >= 4 is 5.97 Å². The minimum absolute atomic E-state index is 0.313. The van der Waals surface area contributed by atoms with E-state index >= 15 is 0 Å². The number of imidazole rings is 1. The summed E-state index contributed by atoms with van der Waals surface area (Å²) in [6.45, 7) is 2.16. The summed E-state index contributed by atoms with van der Waals surface area (Å²) in [7, 11) is 0. The van der Waals surface area contributed by atoms with Gasteiger partial charge in [-0.15, -0.1) is 0 Å². The van der Waals surface area contributed by atoms with E-state index in [1.54, 1.807) is 36.3 Å². The summed E-state index contributed by atoms with van der Waals surface area (Å²) >= 11 is 0. The number of rotatable bonds is 3. The van der Waals surface area contributed by atoms with Crippen molar-refractivity contribution in [2.45, 2.75) is 6.92 Å². The van der Waals surface area contributed by atoms with Gasteiger partial charge in [-0.2, -0.15) is 0 Å². The highest BCUT2D eigenvalue weighted by molar-refractivity contribution is 5.93. The maximum atomic E-state index is 11.7. The first-order chi connectivity index (χ1) is 7.83. The van der Waals surface area contributed by atoms with Crippen LogP contribution in [0.3, 0.4) is 0 Å². The fraction of sp³-hybridized carbons (Fsp3) is 0.167. The van der Waals surface area contributed by atoms with Crippen molar-refractivity contribution < 1.29 is 9.53 Å². The first kappa shape index (κ1) is 10.4. The van der Waals surface area contributed by atoms with Crippen molar-refractivity contribution in [3.63, 3.8) is 0 Å². The van der Waals surface area contributed by atoms with E-state index in [2.05, 4.69) is 4.98 Å². The zero-order chi connectivity index (χ0) is 11.4. The van der Waals surface area contributed by atoms with Crippen molar-refractivity contribution in [3.8, 4) is 5.69 Å². The normalized spacial score (nSPS) is 10.1. The second kappa shape index (κ2) is 4.61.